The summed E-state index contributed by atoms with van der Waals surface area (Å²) in [5, 5.41) is -0.351. The molecule has 1 aromatic carbocycles. The minimum Gasteiger partial charge on any atom is -0.298 e. The van der Waals surface area contributed by atoms with E-state index in [0.717, 1.165) is 6.54 Å². The van der Waals surface area contributed by atoms with Crippen molar-refractivity contribution in [1.82, 2.24) is 4.90 Å². The third-order valence-electron chi connectivity index (χ3n) is 3.32. The molecule has 0 unspecified atom stereocenters. The number of rotatable bonds is 5. The van der Waals surface area contributed by atoms with Crippen molar-refractivity contribution in [3.8, 4) is 0 Å². The number of hydrogen-bond acceptors (Lipinski definition) is 3. The first-order valence-corrected chi connectivity index (χ1v) is 7.71. The average Bonchev–Trinajstić information content (AvgIpc) is 2.27. The lowest BCUT2D eigenvalue weighted by molar-refractivity contribution is 0.245. The summed E-state index contributed by atoms with van der Waals surface area (Å²) in [4.78, 5) is 2.07. The molecule has 0 N–H and O–H groups in total. The van der Waals surface area contributed by atoms with Crippen molar-refractivity contribution >= 4 is 9.84 Å². The second-order valence-corrected chi connectivity index (χ2v) is 7.08. The molecular weight excluding hydrogens is 234 g/mol. The molecule has 0 bridgehead atoms. The molecule has 0 aromatic heterocycles. The maximum Gasteiger partial charge on any atom is 0.151 e. The lowest BCUT2D eigenvalue weighted by atomic mass is 10.1. The average molecular weight is 255 g/mol. The standard InChI is InChI=1S/C13H21NO2S/c1-11(12(2)17(4,15)16)14(3)10-13-8-6-5-7-9-13/h5-9,11-12H,10H2,1-4H3/t11-,12+/m1/s1. The van der Waals surface area contributed by atoms with E-state index in [1.165, 1.54) is 11.8 Å². The van der Waals surface area contributed by atoms with Gasteiger partial charge in [0.05, 0.1) is 5.25 Å². The van der Waals surface area contributed by atoms with E-state index in [1.54, 1.807) is 6.92 Å². The molecule has 4 heteroatoms. The molecular formula is C13H21NO2S. The normalized spacial score (nSPS) is 15.8. The number of hydrogen-bond donors (Lipinski definition) is 0. The maximum atomic E-state index is 11.5. The fraction of sp³-hybridized carbons (Fsp3) is 0.538. The van der Waals surface area contributed by atoms with E-state index in [9.17, 15) is 8.42 Å². The largest absolute Gasteiger partial charge is 0.298 e. The van der Waals surface area contributed by atoms with Gasteiger partial charge < -0.3 is 0 Å². The van der Waals surface area contributed by atoms with Gasteiger partial charge in [-0.05, 0) is 26.5 Å². The van der Waals surface area contributed by atoms with Crippen LogP contribution in [-0.2, 0) is 16.4 Å². The first-order valence-electron chi connectivity index (χ1n) is 5.75. The summed E-state index contributed by atoms with van der Waals surface area (Å²) in [7, 11) is -1.02. The lowest BCUT2D eigenvalue weighted by Crippen LogP contribution is -2.40. The summed E-state index contributed by atoms with van der Waals surface area (Å²) in [6, 6.07) is 10.1. The Hall–Kier alpha value is -0.870. The van der Waals surface area contributed by atoms with Crippen LogP contribution < -0.4 is 0 Å². The van der Waals surface area contributed by atoms with Gasteiger partial charge in [-0.3, -0.25) is 4.90 Å². The minimum absolute atomic E-state index is 0.00482. The highest BCUT2D eigenvalue weighted by atomic mass is 32.2. The molecule has 0 saturated carbocycles. The molecule has 3 nitrogen and oxygen atoms in total. The van der Waals surface area contributed by atoms with E-state index in [-0.39, 0.29) is 11.3 Å². The molecule has 96 valence electrons. The number of benzene rings is 1. The first kappa shape index (κ1) is 14.2. The van der Waals surface area contributed by atoms with Crippen molar-refractivity contribution in [2.45, 2.75) is 31.7 Å². The van der Waals surface area contributed by atoms with E-state index in [4.69, 9.17) is 0 Å². The predicted octanol–water partition coefficient (Wildman–Crippen LogP) is 1.94. The summed E-state index contributed by atoms with van der Waals surface area (Å²) < 4.78 is 23.0. The molecule has 0 amide bonds. The van der Waals surface area contributed by atoms with Crippen LogP contribution in [0.4, 0.5) is 0 Å². The van der Waals surface area contributed by atoms with Gasteiger partial charge in [0, 0.05) is 18.8 Å². The fourth-order valence-electron chi connectivity index (χ4n) is 1.73. The third-order valence-corrected chi connectivity index (χ3v) is 5.07. The van der Waals surface area contributed by atoms with Gasteiger partial charge in [-0.15, -0.1) is 0 Å². The minimum atomic E-state index is -2.98. The molecule has 1 rings (SSSR count). The number of nitrogens with zero attached hydrogens (tertiary/aromatic N) is 1. The molecule has 0 saturated heterocycles. The van der Waals surface area contributed by atoms with Gasteiger partial charge in [-0.1, -0.05) is 30.3 Å². The van der Waals surface area contributed by atoms with Crippen LogP contribution in [0.3, 0.4) is 0 Å². The van der Waals surface area contributed by atoms with E-state index < -0.39 is 9.84 Å². The molecule has 0 spiro atoms. The Morgan fingerprint density at radius 1 is 1.18 bits per heavy atom. The van der Waals surface area contributed by atoms with Gasteiger partial charge in [-0.2, -0.15) is 0 Å². The summed E-state index contributed by atoms with van der Waals surface area (Å²) in [6.45, 7) is 4.48. The van der Waals surface area contributed by atoms with E-state index in [1.807, 2.05) is 44.3 Å². The Balaban J connectivity index is 2.68. The van der Waals surface area contributed by atoms with E-state index in [2.05, 4.69) is 4.90 Å². The topological polar surface area (TPSA) is 37.4 Å². The second kappa shape index (κ2) is 5.65. The Kier molecular flexibility index (Phi) is 4.71. The molecule has 0 radical (unpaired) electrons. The molecule has 0 heterocycles. The summed E-state index contributed by atoms with van der Waals surface area (Å²) in [5.74, 6) is 0. The Labute approximate surface area is 104 Å². The second-order valence-electron chi connectivity index (χ2n) is 4.68. The predicted molar refractivity (Wildman–Crippen MR) is 71.7 cm³/mol. The van der Waals surface area contributed by atoms with Gasteiger partial charge in [0.2, 0.25) is 0 Å². The van der Waals surface area contributed by atoms with Gasteiger partial charge >= 0.3 is 0 Å². The molecule has 0 aliphatic rings. The molecule has 2 atom stereocenters. The van der Waals surface area contributed by atoms with Crippen molar-refractivity contribution in [3.05, 3.63) is 35.9 Å². The van der Waals surface area contributed by atoms with Crippen LogP contribution in [-0.4, -0.2) is 37.9 Å². The van der Waals surface area contributed by atoms with Crippen LogP contribution in [0.15, 0.2) is 30.3 Å². The monoisotopic (exact) mass is 255 g/mol. The SMILES string of the molecule is C[C@H]([C@H](C)S(C)(=O)=O)N(C)Cc1ccccc1. The summed E-state index contributed by atoms with van der Waals surface area (Å²) >= 11 is 0. The quantitative estimate of drug-likeness (QED) is 0.807. The third kappa shape index (κ3) is 4.13. The van der Waals surface area contributed by atoms with Crippen molar-refractivity contribution in [3.63, 3.8) is 0 Å². The molecule has 0 aliphatic carbocycles. The van der Waals surface area contributed by atoms with E-state index >= 15 is 0 Å². The van der Waals surface area contributed by atoms with Crippen molar-refractivity contribution in [2.75, 3.05) is 13.3 Å². The van der Waals surface area contributed by atoms with Crippen LogP contribution in [0.1, 0.15) is 19.4 Å². The highest BCUT2D eigenvalue weighted by molar-refractivity contribution is 7.91. The Morgan fingerprint density at radius 3 is 2.18 bits per heavy atom. The van der Waals surface area contributed by atoms with Crippen molar-refractivity contribution < 1.29 is 8.42 Å². The molecule has 0 fully saturated rings. The number of sulfone groups is 1. The van der Waals surface area contributed by atoms with Gasteiger partial charge in [0.25, 0.3) is 0 Å². The summed E-state index contributed by atoms with van der Waals surface area (Å²) in [6.07, 6.45) is 1.30. The molecule has 1 aromatic rings. The zero-order valence-corrected chi connectivity index (χ0v) is 11.7. The zero-order chi connectivity index (χ0) is 13.1. The highest BCUT2D eigenvalue weighted by Crippen LogP contribution is 2.13. The van der Waals surface area contributed by atoms with Gasteiger partial charge in [0.1, 0.15) is 0 Å². The highest BCUT2D eigenvalue weighted by Gasteiger charge is 2.25. The van der Waals surface area contributed by atoms with Crippen LogP contribution in [0.25, 0.3) is 0 Å². The summed E-state index contributed by atoms with van der Waals surface area (Å²) in [5.41, 5.74) is 1.20. The smallest absolute Gasteiger partial charge is 0.151 e. The van der Waals surface area contributed by atoms with Crippen molar-refractivity contribution in [2.24, 2.45) is 0 Å². The van der Waals surface area contributed by atoms with Gasteiger partial charge in [-0.25, -0.2) is 8.42 Å². The van der Waals surface area contributed by atoms with Crippen molar-refractivity contribution in [1.29, 1.82) is 0 Å². The Morgan fingerprint density at radius 2 is 1.71 bits per heavy atom. The Bertz CT molecular complexity index is 442. The lowest BCUT2D eigenvalue weighted by Gasteiger charge is -2.28. The van der Waals surface area contributed by atoms with Crippen LogP contribution >= 0.6 is 0 Å². The van der Waals surface area contributed by atoms with Crippen LogP contribution in [0.5, 0.6) is 0 Å². The molecule has 0 aliphatic heterocycles. The zero-order valence-electron chi connectivity index (χ0n) is 10.9. The first-order chi connectivity index (χ1) is 7.82. The maximum absolute atomic E-state index is 11.5. The fourth-order valence-corrected chi connectivity index (χ4v) is 2.65. The van der Waals surface area contributed by atoms with Gasteiger partial charge in [0.15, 0.2) is 9.84 Å². The van der Waals surface area contributed by atoms with Crippen LogP contribution in [0, 0.1) is 0 Å². The van der Waals surface area contributed by atoms with E-state index in [0.29, 0.717) is 0 Å². The van der Waals surface area contributed by atoms with Crippen LogP contribution in [0.2, 0.25) is 0 Å². The molecule has 17 heavy (non-hydrogen) atoms.